The second kappa shape index (κ2) is 5.51. The van der Waals surface area contributed by atoms with Crippen LogP contribution in [0, 0.1) is 16.7 Å². The Morgan fingerprint density at radius 2 is 2.11 bits per heavy atom. The minimum Gasteiger partial charge on any atom is -0.323 e. The molecule has 0 aliphatic heterocycles. The maximum atomic E-state index is 12.0. The molecule has 0 aromatic heterocycles. The van der Waals surface area contributed by atoms with Gasteiger partial charge in [-0.1, -0.05) is 36.7 Å². The van der Waals surface area contributed by atoms with Gasteiger partial charge in [0.05, 0.1) is 17.3 Å². The third-order valence-electron chi connectivity index (χ3n) is 2.58. The van der Waals surface area contributed by atoms with Crippen molar-refractivity contribution >= 4 is 27.5 Å². The molecule has 0 heterocycles. The van der Waals surface area contributed by atoms with Gasteiger partial charge in [0.25, 0.3) is 0 Å². The van der Waals surface area contributed by atoms with Gasteiger partial charge in [0.2, 0.25) is 5.91 Å². The van der Waals surface area contributed by atoms with E-state index in [4.69, 9.17) is 11.0 Å². The Balaban J connectivity index is 2.96. The normalized spacial score (nSPS) is 12.7. The molecule has 0 saturated carbocycles. The van der Waals surface area contributed by atoms with Crippen molar-refractivity contribution in [3.63, 3.8) is 0 Å². The number of amides is 1. The molecule has 0 bridgehead atoms. The molecule has 0 spiro atoms. The summed E-state index contributed by atoms with van der Waals surface area (Å²) in [6.45, 7) is 5.68. The molecule has 0 fully saturated rings. The number of carbonyl (C=O) groups excluding carboxylic acids is 1. The minimum absolute atomic E-state index is 0.294. The minimum atomic E-state index is -0.636. The van der Waals surface area contributed by atoms with Crippen molar-refractivity contribution in [3.8, 4) is 6.07 Å². The van der Waals surface area contributed by atoms with Crippen LogP contribution in [0.2, 0.25) is 0 Å². The lowest BCUT2D eigenvalue weighted by Crippen LogP contribution is -2.45. The number of nitrogens with zero attached hydrogens (tertiary/aromatic N) is 1. The Kier molecular flexibility index (Phi) is 4.49. The number of nitrogens with one attached hydrogen (secondary N) is 1. The van der Waals surface area contributed by atoms with Crippen LogP contribution in [0.4, 0.5) is 5.69 Å². The molecule has 18 heavy (non-hydrogen) atoms. The van der Waals surface area contributed by atoms with Crippen molar-refractivity contribution in [1.29, 1.82) is 5.26 Å². The van der Waals surface area contributed by atoms with E-state index in [1.807, 2.05) is 26.8 Å². The first-order valence-corrected chi connectivity index (χ1v) is 6.31. The van der Waals surface area contributed by atoms with Crippen molar-refractivity contribution < 1.29 is 4.79 Å². The van der Waals surface area contributed by atoms with Gasteiger partial charge in [0.15, 0.2) is 0 Å². The molecule has 1 aromatic rings. The highest BCUT2D eigenvalue weighted by molar-refractivity contribution is 9.10. The van der Waals surface area contributed by atoms with Crippen LogP contribution in [0.25, 0.3) is 0 Å². The molecule has 3 N–H and O–H groups in total. The first-order valence-electron chi connectivity index (χ1n) is 5.52. The second-order valence-electron chi connectivity index (χ2n) is 5.13. The van der Waals surface area contributed by atoms with Crippen molar-refractivity contribution in [2.75, 3.05) is 5.32 Å². The Morgan fingerprint density at radius 3 is 2.61 bits per heavy atom. The Labute approximate surface area is 115 Å². The fourth-order valence-corrected chi connectivity index (χ4v) is 1.68. The fourth-order valence-electron chi connectivity index (χ4n) is 1.32. The lowest BCUT2D eigenvalue weighted by atomic mass is 9.87. The standard InChI is InChI=1S/C13H16BrN3O/c1-13(2,3)11(16)12(18)17-10-6-9(14)5-4-8(10)7-15/h4-6,11H,16H2,1-3H3,(H,17,18)/t11-/m1/s1. The summed E-state index contributed by atoms with van der Waals surface area (Å²) in [7, 11) is 0. The predicted molar refractivity (Wildman–Crippen MR) is 74.9 cm³/mol. The Hall–Kier alpha value is -1.38. The molecule has 0 unspecified atom stereocenters. The van der Waals surface area contributed by atoms with Gasteiger partial charge in [-0.05, 0) is 23.6 Å². The SMILES string of the molecule is CC(C)(C)[C@H](N)C(=O)Nc1cc(Br)ccc1C#N. The monoisotopic (exact) mass is 309 g/mol. The van der Waals surface area contributed by atoms with Crippen LogP contribution in [-0.4, -0.2) is 11.9 Å². The number of anilines is 1. The van der Waals surface area contributed by atoms with Crippen LogP contribution >= 0.6 is 15.9 Å². The third-order valence-corrected chi connectivity index (χ3v) is 3.07. The van der Waals surface area contributed by atoms with Crippen LogP contribution in [0.5, 0.6) is 0 Å². The third kappa shape index (κ3) is 3.56. The molecule has 0 aliphatic carbocycles. The molecular weight excluding hydrogens is 294 g/mol. The number of hydrogen-bond acceptors (Lipinski definition) is 3. The summed E-state index contributed by atoms with van der Waals surface area (Å²) in [5.41, 5.74) is 6.41. The number of rotatable bonds is 2. The smallest absolute Gasteiger partial charge is 0.241 e. The largest absolute Gasteiger partial charge is 0.323 e. The number of nitrogens with two attached hydrogens (primary N) is 1. The van der Waals surface area contributed by atoms with Crippen LogP contribution in [0.3, 0.4) is 0 Å². The summed E-state index contributed by atoms with van der Waals surface area (Å²) >= 11 is 3.30. The van der Waals surface area contributed by atoms with E-state index < -0.39 is 6.04 Å². The molecule has 96 valence electrons. The predicted octanol–water partition coefficient (Wildman–Crippen LogP) is 2.63. The van der Waals surface area contributed by atoms with Gasteiger partial charge in [-0.3, -0.25) is 4.79 Å². The molecule has 0 aliphatic rings. The van der Waals surface area contributed by atoms with E-state index in [1.54, 1.807) is 18.2 Å². The Morgan fingerprint density at radius 1 is 1.50 bits per heavy atom. The van der Waals surface area contributed by atoms with Gasteiger partial charge >= 0.3 is 0 Å². The number of halogens is 1. The summed E-state index contributed by atoms with van der Waals surface area (Å²) in [5, 5.41) is 11.7. The first-order chi connectivity index (χ1) is 8.25. The average molecular weight is 310 g/mol. The van der Waals surface area contributed by atoms with Crippen LogP contribution < -0.4 is 11.1 Å². The summed E-state index contributed by atoms with van der Waals surface area (Å²) in [5.74, 6) is -0.294. The highest BCUT2D eigenvalue weighted by Gasteiger charge is 2.27. The second-order valence-corrected chi connectivity index (χ2v) is 6.05. The highest BCUT2D eigenvalue weighted by Crippen LogP contribution is 2.23. The van der Waals surface area contributed by atoms with E-state index in [-0.39, 0.29) is 11.3 Å². The highest BCUT2D eigenvalue weighted by atomic mass is 79.9. The lowest BCUT2D eigenvalue weighted by Gasteiger charge is -2.26. The molecule has 1 rings (SSSR count). The lowest BCUT2D eigenvalue weighted by molar-refractivity contribution is -0.119. The van der Waals surface area contributed by atoms with Gasteiger partial charge in [-0.25, -0.2) is 0 Å². The molecule has 4 nitrogen and oxygen atoms in total. The van der Waals surface area contributed by atoms with E-state index in [1.165, 1.54) is 0 Å². The molecule has 5 heteroatoms. The van der Waals surface area contributed by atoms with Crippen LogP contribution in [0.1, 0.15) is 26.3 Å². The topological polar surface area (TPSA) is 78.9 Å². The number of nitriles is 1. The van der Waals surface area contributed by atoms with Gasteiger partial charge < -0.3 is 11.1 Å². The molecule has 0 radical (unpaired) electrons. The number of hydrogen-bond donors (Lipinski definition) is 2. The summed E-state index contributed by atoms with van der Waals surface area (Å²) < 4.78 is 0.793. The molecule has 0 saturated heterocycles. The molecule has 1 aromatic carbocycles. The average Bonchev–Trinajstić information content (AvgIpc) is 2.27. The van der Waals surface area contributed by atoms with Gasteiger partial charge in [0.1, 0.15) is 6.07 Å². The van der Waals surface area contributed by atoms with Gasteiger partial charge in [-0.2, -0.15) is 5.26 Å². The van der Waals surface area contributed by atoms with Crippen molar-refractivity contribution in [1.82, 2.24) is 0 Å². The maximum absolute atomic E-state index is 12.0. The van der Waals surface area contributed by atoms with Gasteiger partial charge in [0, 0.05) is 4.47 Å². The van der Waals surface area contributed by atoms with Gasteiger partial charge in [-0.15, -0.1) is 0 Å². The van der Waals surface area contributed by atoms with Crippen molar-refractivity contribution in [3.05, 3.63) is 28.2 Å². The van der Waals surface area contributed by atoms with Crippen molar-refractivity contribution in [2.24, 2.45) is 11.1 Å². The van der Waals surface area contributed by atoms with Crippen LogP contribution in [0.15, 0.2) is 22.7 Å². The van der Waals surface area contributed by atoms with E-state index in [0.29, 0.717) is 11.3 Å². The van der Waals surface area contributed by atoms with E-state index in [2.05, 4.69) is 21.2 Å². The molecule has 1 atom stereocenters. The number of benzene rings is 1. The van der Waals surface area contributed by atoms with E-state index in [9.17, 15) is 4.79 Å². The summed E-state index contributed by atoms with van der Waals surface area (Å²) in [6.07, 6.45) is 0. The fraction of sp³-hybridized carbons (Fsp3) is 0.385. The van der Waals surface area contributed by atoms with E-state index in [0.717, 1.165) is 4.47 Å². The summed E-state index contributed by atoms with van der Waals surface area (Å²) in [4.78, 5) is 12.0. The molecule has 1 amide bonds. The zero-order valence-corrected chi connectivity index (χ0v) is 12.2. The Bertz CT molecular complexity index is 500. The first kappa shape index (κ1) is 14.7. The zero-order chi connectivity index (χ0) is 13.9. The van der Waals surface area contributed by atoms with Crippen LogP contribution in [-0.2, 0) is 4.79 Å². The summed E-state index contributed by atoms with van der Waals surface area (Å²) in [6, 6.07) is 6.47. The quantitative estimate of drug-likeness (QED) is 0.881. The molecular formula is C13H16BrN3O. The maximum Gasteiger partial charge on any atom is 0.241 e. The van der Waals surface area contributed by atoms with Crippen molar-refractivity contribution in [2.45, 2.75) is 26.8 Å². The van der Waals surface area contributed by atoms with E-state index >= 15 is 0 Å². The zero-order valence-electron chi connectivity index (χ0n) is 10.6. The number of carbonyl (C=O) groups is 1.